The molecule has 0 aliphatic carbocycles. The number of hydrogen-bond donors (Lipinski definition) is 1. The second-order valence-electron chi connectivity index (χ2n) is 5.43. The first-order chi connectivity index (χ1) is 9.98. The summed E-state index contributed by atoms with van der Waals surface area (Å²) < 4.78 is 5.34. The number of ether oxygens (including phenoxy) is 1. The molecule has 0 saturated carbocycles. The Morgan fingerprint density at radius 1 is 1.43 bits per heavy atom. The number of amides is 1. The predicted octanol–water partition coefficient (Wildman–Crippen LogP) is 2.58. The van der Waals surface area contributed by atoms with Crippen LogP contribution in [-0.4, -0.2) is 41.7 Å². The van der Waals surface area contributed by atoms with Crippen LogP contribution in [0.3, 0.4) is 0 Å². The van der Waals surface area contributed by atoms with Gasteiger partial charge in [-0.15, -0.1) is 0 Å². The molecule has 0 spiro atoms. The summed E-state index contributed by atoms with van der Waals surface area (Å²) in [5.41, 5.74) is -0.208. The van der Waals surface area contributed by atoms with Gasteiger partial charge < -0.3 is 14.7 Å². The summed E-state index contributed by atoms with van der Waals surface area (Å²) in [5.74, 6) is -0.0157. The van der Waals surface area contributed by atoms with Crippen LogP contribution in [0.25, 0.3) is 0 Å². The fraction of sp³-hybridized carbons (Fsp3) is 0.562. The summed E-state index contributed by atoms with van der Waals surface area (Å²) in [6.07, 6.45) is 0.546. The van der Waals surface area contributed by atoms with Gasteiger partial charge in [0.1, 0.15) is 6.10 Å². The summed E-state index contributed by atoms with van der Waals surface area (Å²) >= 11 is 6.18. The van der Waals surface area contributed by atoms with E-state index in [4.69, 9.17) is 16.3 Å². The molecule has 0 radical (unpaired) electrons. The summed E-state index contributed by atoms with van der Waals surface area (Å²) in [5, 5.41) is 11.4. The van der Waals surface area contributed by atoms with Crippen LogP contribution in [0.1, 0.15) is 32.3 Å². The van der Waals surface area contributed by atoms with Crippen molar-refractivity contribution >= 4 is 17.5 Å². The zero-order valence-electron chi connectivity index (χ0n) is 12.5. The van der Waals surface area contributed by atoms with Gasteiger partial charge in [-0.3, -0.25) is 4.79 Å². The lowest BCUT2D eigenvalue weighted by Gasteiger charge is -2.39. The third-order valence-electron chi connectivity index (χ3n) is 4.04. The number of rotatable bonds is 4. The molecule has 1 aliphatic heterocycles. The lowest BCUT2D eigenvalue weighted by Crippen LogP contribution is -2.48. The first-order valence-corrected chi connectivity index (χ1v) is 7.73. The molecule has 0 bridgehead atoms. The topological polar surface area (TPSA) is 49.8 Å². The van der Waals surface area contributed by atoms with Crippen molar-refractivity contribution in [2.75, 3.05) is 19.7 Å². The molecule has 1 aromatic carbocycles. The first-order valence-electron chi connectivity index (χ1n) is 7.35. The highest BCUT2D eigenvalue weighted by atomic mass is 35.5. The Labute approximate surface area is 130 Å². The number of carbonyl (C=O) groups is 1. The number of piperidine rings is 1. The molecule has 1 fully saturated rings. The van der Waals surface area contributed by atoms with Gasteiger partial charge in [0.2, 0.25) is 0 Å². The minimum absolute atomic E-state index is 0.0157. The highest BCUT2D eigenvalue weighted by Gasteiger charge is 2.37. The number of benzene rings is 1. The van der Waals surface area contributed by atoms with Crippen LogP contribution in [0.15, 0.2) is 24.3 Å². The van der Waals surface area contributed by atoms with Crippen LogP contribution in [0.2, 0.25) is 5.02 Å². The van der Waals surface area contributed by atoms with Crippen molar-refractivity contribution in [3.05, 3.63) is 34.9 Å². The number of aliphatic hydroxyl groups is 1. The molecular formula is C16H22ClNO3. The van der Waals surface area contributed by atoms with Crippen LogP contribution in [0.5, 0.6) is 0 Å². The molecule has 1 atom stereocenters. The molecule has 0 unspecified atom stereocenters. The van der Waals surface area contributed by atoms with Crippen molar-refractivity contribution in [1.82, 2.24) is 4.90 Å². The van der Waals surface area contributed by atoms with Crippen LogP contribution in [0, 0.1) is 0 Å². The van der Waals surface area contributed by atoms with E-state index in [1.807, 2.05) is 25.1 Å². The normalized spacial score (nSPS) is 19.3. The van der Waals surface area contributed by atoms with Crippen LogP contribution in [-0.2, 0) is 15.1 Å². The van der Waals surface area contributed by atoms with Crippen molar-refractivity contribution in [3.63, 3.8) is 0 Å². The van der Waals surface area contributed by atoms with Crippen molar-refractivity contribution in [3.8, 4) is 0 Å². The Balaban J connectivity index is 2.03. The third kappa shape index (κ3) is 3.57. The molecule has 1 aliphatic rings. The van der Waals surface area contributed by atoms with Crippen LogP contribution < -0.4 is 0 Å². The number of hydrogen-bond acceptors (Lipinski definition) is 3. The van der Waals surface area contributed by atoms with Gasteiger partial charge in [0, 0.05) is 30.3 Å². The maximum Gasteiger partial charge on any atom is 0.251 e. The van der Waals surface area contributed by atoms with Crippen molar-refractivity contribution in [1.29, 1.82) is 0 Å². The van der Waals surface area contributed by atoms with E-state index >= 15 is 0 Å². The van der Waals surface area contributed by atoms with Gasteiger partial charge >= 0.3 is 0 Å². The smallest absolute Gasteiger partial charge is 0.251 e. The maximum atomic E-state index is 12.2. The molecular weight excluding hydrogens is 290 g/mol. The van der Waals surface area contributed by atoms with Crippen LogP contribution in [0.4, 0.5) is 0 Å². The Bertz CT molecular complexity index is 498. The average Bonchev–Trinajstić information content (AvgIpc) is 2.48. The summed E-state index contributed by atoms with van der Waals surface area (Å²) in [6, 6.07) is 7.34. The zero-order chi connectivity index (χ0) is 15.5. The van der Waals surface area contributed by atoms with E-state index in [2.05, 4.69) is 0 Å². The van der Waals surface area contributed by atoms with Gasteiger partial charge in [0.15, 0.2) is 0 Å². The third-order valence-corrected chi connectivity index (χ3v) is 4.37. The van der Waals surface area contributed by atoms with E-state index in [1.54, 1.807) is 17.9 Å². The Morgan fingerprint density at radius 2 is 2.05 bits per heavy atom. The van der Waals surface area contributed by atoms with Crippen molar-refractivity contribution in [2.24, 2.45) is 0 Å². The molecule has 1 heterocycles. The molecule has 5 heteroatoms. The van der Waals surface area contributed by atoms with E-state index in [0.717, 1.165) is 5.56 Å². The maximum absolute atomic E-state index is 12.2. The van der Waals surface area contributed by atoms with E-state index in [-0.39, 0.29) is 5.91 Å². The Hall–Kier alpha value is -1.10. The van der Waals surface area contributed by atoms with Crippen molar-refractivity contribution in [2.45, 2.75) is 38.4 Å². The van der Waals surface area contributed by atoms with E-state index < -0.39 is 11.7 Å². The molecule has 1 saturated heterocycles. The highest BCUT2D eigenvalue weighted by Crippen LogP contribution is 2.36. The van der Waals surface area contributed by atoms with Gasteiger partial charge in [0.05, 0.1) is 5.60 Å². The van der Waals surface area contributed by atoms with Crippen molar-refractivity contribution < 1.29 is 14.6 Å². The predicted molar refractivity (Wildman–Crippen MR) is 82.3 cm³/mol. The lowest BCUT2D eigenvalue weighted by atomic mass is 9.84. The second kappa shape index (κ2) is 6.77. The summed E-state index contributed by atoms with van der Waals surface area (Å²) in [6.45, 7) is 5.18. The number of carbonyl (C=O) groups excluding carboxylic acids is 1. The quantitative estimate of drug-likeness (QED) is 0.930. The van der Waals surface area contributed by atoms with Crippen LogP contribution >= 0.6 is 11.6 Å². The standard InChI is InChI=1S/C16H22ClNO3/c1-3-21-12(2)15(19)18-10-8-16(20,9-11-18)13-6-4-5-7-14(13)17/h4-7,12,20H,3,8-11H2,1-2H3/t12-/m1/s1. The average molecular weight is 312 g/mol. The summed E-state index contributed by atoms with van der Waals surface area (Å²) in [7, 11) is 0. The number of halogens is 1. The molecule has 2 rings (SSSR count). The molecule has 1 N–H and O–H groups in total. The zero-order valence-corrected chi connectivity index (χ0v) is 13.3. The van der Waals surface area contributed by atoms with Gasteiger partial charge in [-0.1, -0.05) is 29.8 Å². The van der Waals surface area contributed by atoms with Gasteiger partial charge in [-0.05, 0) is 32.8 Å². The molecule has 4 nitrogen and oxygen atoms in total. The van der Waals surface area contributed by atoms with Gasteiger partial charge in [0.25, 0.3) is 5.91 Å². The molecule has 21 heavy (non-hydrogen) atoms. The molecule has 1 aromatic rings. The van der Waals surface area contributed by atoms with Gasteiger partial charge in [-0.2, -0.15) is 0 Å². The summed E-state index contributed by atoms with van der Waals surface area (Å²) in [4.78, 5) is 14.0. The van der Waals surface area contributed by atoms with E-state index in [1.165, 1.54) is 0 Å². The van der Waals surface area contributed by atoms with Gasteiger partial charge in [-0.25, -0.2) is 0 Å². The molecule has 116 valence electrons. The van der Waals surface area contributed by atoms with E-state index in [9.17, 15) is 9.90 Å². The Kier molecular flexibility index (Phi) is 5.25. The first kappa shape index (κ1) is 16.3. The monoisotopic (exact) mass is 311 g/mol. The fourth-order valence-corrected chi connectivity index (χ4v) is 3.09. The largest absolute Gasteiger partial charge is 0.385 e. The number of nitrogens with zero attached hydrogens (tertiary/aromatic N) is 1. The molecule has 0 aromatic heterocycles. The second-order valence-corrected chi connectivity index (χ2v) is 5.84. The minimum Gasteiger partial charge on any atom is -0.385 e. The van der Waals surface area contributed by atoms with E-state index in [0.29, 0.717) is 37.6 Å². The molecule has 1 amide bonds. The Morgan fingerprint density at radius 3 is 2.62 bits per heavy atom. The number of likely N-dealkylation sites (tertiary alicyclic amines) is 1. The SMILES string of the molecule is CCO[C@H](C)C(=O)N1CCC(O)(c2ccccc2Cl)CC1. The minimum atomic E-state index is -0.954. The highest BCUT2D eigenvalue weighted by molar-refractivity contribution is 6.31. The lowest BCUT2D eigenvalue weighted by molar-refractivity contribution is -0.146. The fourth-order valence-electron chi connectivity index (χ4n) is 2.78.